The van der Waals surface area contributed by atoms with Crippen LogP contribution in [0, 0.1) is 10.1 Å². The number of para-hydroxylation sites is 2. The van der Waals surface area contributed by atoms with Gasteiger partial charge in [0.15, 0.2) is 0 Å². The number of nitro benzene ring substituents is 1. The Morgan fingerprint density at radius 2 is 1.67 bits per heavy atom. The number of carbonyl (C=O) groups excluding carboxylic acids is 1. The van der Waals surface area contributed by atoms with Crippen LogP contribution in [0.3, 0.4) is 0 Å². The van der Waals surface area contributed by atoms with E-state index in [4.69, 9.17) is 0 Å². The number of nitro groups is 1. The Labute approximate surface area is 207 Å². The van der Waals surface area contributed by atoms with Gasteiger partial charge in [-0.1, -0.05) is 12.1 Å². The summed E-state index contributed by atoms with van der Waals surface area (Å²) < 4.78 is 27.8. The number of amides is 1. The molecular formula is C25H23N5O5S. The molecule has 0 unspecified atom stereocenters. The van der Waals surface area contributed by atoms with E-state index in [9.17, 15) is 23.3 Å². The van der Waals surface area contributed by atoms with E-state index in [1.165, 1.54) is 52.8 Å². The smallest absolute Gasteiger partial charge is 0.269 e. The number of nitrogens with zero attached hydrogens (tertiary/aromatic N) is 3. The quantitative estimate of drug-likeness (QED) is 0.296. The number of imidazole rings is 1. The normalized spacial score (nSPS) is 15.1. The molecule has 1 fully saturated rings. The van der Waals surface area contributed by atoms with Crippen LogP contribution >= 0.6 is 0 Å². The van der Waals surface area contributed by atoms with Gasteiger partial charge in [-0.2, -0.15) is 4.31 Å². The van der Waals surface area contributed by atoms with Gasteiger partial charge in [-0.05, 0) is 61.4 Å². The highest BCUT2D eigenvalue weighted by molar-refractivity contribution is 7.89. The van der Waals surface area contributed by atoms with Crippen molar-refractivity contribution in [2.45, 2.75) is 23.7 Å². The molecule has 0 aliphatic carbocycles. The number of piperidine rings is 1. The highest BCUT2D eigenvalue weighted by Crippen LogP contribution is 2.30. The lowest BCUT2D eigenvalue weighted by atomic mass is 9.97. The van der Waals surface area contributed by atoms with E-state index in [0.717, 1.165) is 16.9 Å². The van der Waals surface area contributed by atoms with E-state index >= 15 is 0 Å². The maximum Gasteiger partial charge on any atom is 0.269 e. The SMILES string of the molecule is O=C(Nc1ccc(S(=O)(=O)N2CCC(c3nc4ccccc4[nH]3)CC2)cc1)c1ccc([N+](=O)[O-])cc1. The van der Waals surface area contributed by atoms with Gasteiger partial charge >= 0.3 is 0 Å². The summed E-state index contributed by atoms with van der Waals surface area (Å²) in [7, 11) is -3.68. The first kappa shape index (κ1) is 23.6. The molecule has 1 saturated heterocycles. The van der Waals surface area contributed by atoms with Crippen LogP contribution in [0.2, 0.25) is 0 Å². The topological polar surface area (TPSA) is 138 Å². The fraction of sp³-hybridized carbons (Fsp3) is 0.200. The third-order valence-electron chi connectivity index (χ3n) is 6.34. The maximum absolute atomic E-state index is 13.2. The first-order chi connectivity index (χ1) is 17.3. The lowest BCUT2D eigenvalue weighted by molar-refractivity contribution is -0.384. The minimum Gasteiger partial charge on any atom is -0.342 e. The van der Waals surface area contributed by atoms with E-state index in [-0.39, 0.29) is 22.1 Å². The maximum atomic E-state index is 13.2. The number of rotatable bonds is 6. The minimum atomic E-state index is -3.68. The Balaban J connectivity index is 1.22. The third-order valence-corrected chi connectivity index (χ3v) is 8.25. The van der Waals surface area contributed by atoms with E-state index in [2.05, 4.69) is 15.3 Å². The minimum absolute atomic E-state index is 0.109. The number of anilines is 1. The third kappa shape index (κ3) is 4.70. The number of hydrogen-bond acceptors (Lipinski definition) is 6. The van der Waals surface area contributed by atoms with E-state index in [1.54, 1.807) is 0 Å². The molecule has 11 heteroatoms. The number of aromatic nitrogens is 2. The molecule has 10 nitrogen and oxygen atoms in total. The zero-order valence-electron chi connectivity index (χ0n) is 19.1. The molecule has 4 aromatic rings. The number of nitrogens with one attached hydrogen (secondary N) is 2. The largest absolute Gasteiger partial charge is 0.342 e. The van der Waals surface area contributed by atoms with Gasteiger partial charge in [-0.3, -0.25) is 14.9 Å². The summed E-state index contributed by atoms with van der Waals surface area (Å²) in [6, 6.07) is 19.0. The molecule has 1 aliphatic heterocycles. The molecule has 0 bridgehead atoms. The summed E-state index contributed by atoms with van der Waals surface area (Å²) in [6.45, 7) is 0.783. The molecule has 2 heterocycles. The van der Waals surface area contributed by atoms with Crippen molar-refractivity contribution in [2.24, 2.45) is 0 Å². The Bertz CT molecular complexity index is 1490. The summed E-state index contributed by atoms with van der Waals surface area (Å²) in [6.07, 6.45) is 1.34. The molecule has 5 rings (SSSR count). The van der Waals surface area contributed by atoms with Crippen molar-refractivity contribution in [1.82, 2.24) is 14.3 Å². The Morgan fingerprint density at radius 1 is 1.00 bits per heavy atom. The fourth-order valence-corrected chi connectivity index (χ4v) is 5.80. The van der Waals surface area contributed by atoms with Gasteiger partial charge < -0.3 is 10.3 Å². The number of sulfonamides is 1. The van der Waals surface area contributed by atoms with Gasteiger partial charge in [-0.15, -0.1) is 0 Å². The van der Waals surface area contributed by atoms with Gasteiger partial charge in [0.05, 0.1) is 20.9 Å². The van der Waals surface area contributed by atoms with Crippen molar-refractivity contribution in [3.05, 3.63) is 94.3 Å². The van der Waals surface area contributed by atoms with Crippen molar-refractivity contribution in [3.63, 3.8) is 0 Å². The number of hydrogen-bond donors (Lipinski definition) is 2. The van der Waals surface area contributed by atoms with Crippen LogP contribution in [-0.2, 0) is 10.0 Å². The van der Waals surface area contributed by atoms with Crippen molar-refractivity contribution in [2.75, 3.05) is 18.4 Å². The molecular weight excluding hydrogens is 482 g/mol. The Kier molecular flexibility index (Phi) is 6.25. The lowest BCUT2D eigenvalue weighted by Crippen LogP contribution is -2.38. The monoisotopic (exact) mass is 505 g/mol. The van der Waals surface area contributed by atoms with Gasteiger partial charge in [0.25, 0.3) is 11.6 Å². The molecule has 1 amide bonds. The molecule has 36 heavy (non-hydrogen) atoms. The van der Waals surface area contributed by atoms with Gasteiger partial charge in [0, 0.05) is 42.4 Å². The second-order valence-corrected chi connectivity index (χ2v) is 10.5. The van der Waals surface area contributed by atoms with Crippen LogP contribution in [0.5, 0.6) is 0 Å². The molecule has 0 radical (unpaired) electrons. The lowest BCUT2D eigenvalue weighted by Gasteiger charge is -2.30. The highest BCUT2D eigenvalue weighted by atomic mass is 32.2. The summed E-state index contributed by atoms with van der Waals surface area (Å²) in [5, 5.41) is 13.4. The summed E-state index contributed by atoms with van der Waals surface area (Å²) >= 11 is 0. The molecule has 0 saturated carbocycles. The average Bonchev–Trinajstić information content (AvgIpc) is 3.33. The Morgan fingerprint density at radius 3 is 2.31 bits per heavy atom. The average molecular weight is 506 g/mol. The van der Waals surface area contributed by atoms with Gasteiger partial charge in [-0.25, -0.2) is 13.4 Å². The van der Waals surface area contributed by atoms with Crippen molar-refractivity contribution in [1.29, 1.82) is 0 Å². The zero-order chi connectivity index (χ0) is 25.3. The summed E-state index contributed by atoms with van der Waals surface area (Å²) in [4.78, 5) is 30.8. The predicted octanol–water partition coefficient (Wildman–Crippen LogP) is 4.29. The Hall–Kier alpha value is -4.09. The van der Waals surface area contributed by atoms with E-state index in [1.807, 2.05) is 24.3 Å². The van der Waals surface area contributed by atoms with Crippen molar-refractivity contribution < 1.29 is 18.1 Å². The predicted molar refractivity (Wildman–Crippen MR) is 134 cm³/mol. The zero-order valence-corrected chi connectivity index (χ0v) is 19.9. The van der Waals surface area contributed by atoms with Crippen LogP contribution in [0.15, 0.2) is 77.7 Å². The first-order valence-corrected chi connectivity index (χ1v) is 12.9. The number of carbonyl (C=O) groups is 1. The molecule has 1 aliphatic rings. The summed E-state index contributed by atoms with van der Waals surface area (Å²) in [5.41, 5.74) is 2.44. The molecule has 3 aromatic carbocycles. The van der Waals surface area contributed by atoms with Crippen molar-refractivity contribution in [3.8, 4) is 0 Å². The van der Waals surface area contributed by atoms with Crippen LogP contribution in [-0.4, -0.2) is 46.6 Å². The van der Waals surface area contributed by atoms with E-state index < -0.39 is 20.9 Å². The molecule has 0 spiro atoms. The number of aromatic amines is 1. The van der Waals surface area contributed by atoms with Crippen LogP contribution < -0.4 is 5.32 Å². The second-order valence-electron chi connectivity index (χ2n) is 8.60. The first-order valence-electron chi connectivity index (χ1n) is 11.4. The van der Waals surface area contributed by atoms with Gasteiger partial charge in [0.1, 0.15) is 5.82 Å². The second kappa shape index (κ2) is 9.51. The number of H-pyrrole nitrogens is 1. The molecule has 0 atom stereocenters. The summed E-state index contributed by atoms with van der Waals surface area (Å²) in [5.74, 6) is 0.607. The fourth-order valence-electron chi connectivity index (χ4n) is 4.33. The number of benzene rings is 3. The van der Waals surface area contributed by atoms with Gasteiger partial charge in [0.2, 0.25) is 10.0 Å². The molecule has 184 valence electrons. The van der Waals surface area contributed by atoms with Crippen LogP contribution in [0.1, 0.15) is 34.9 Å². The standard InChI is InChI=1S/C25H23N5O5S/c31-25(18-5-9-20(10-6-18)30(32)33)26-19-7-11-21(12-8-19)36(34,35)29-15-13-17(14-16-29)24-27-22-3-1-2-4-23(22)28-24/h1-12,17H,13-16H2,(H,26,31)(H,27,28). The van der Waals surface area contributed by atoms with Crippen molar-refractivity contribution >= 4 is 38.3 Å². The van der Waals surface area contributed by atoms with E-state index in [0.29, 0.717) is 31.6 Å². The molecule has 1 aromatic heterocycles. The number of fused-ring (bicyclic) bond motifs is 1. The van der Waals surface area contributed by atoms with Crippen LogP contribution in [0.25, 0.3) is 11.0 Å². The number of non-ortho nitro benzene ring substituents is 1. The van der Waals surface area contributed by atoms with Crippen LogP contribution in [0.4, 0.5) is 11.4 Å². The highest BCUT2D eigenvalue weighted by Gasteiger charge is 2.31. The molecule has 2 N–H and O–H groups in total.